The molecule has 3 N–H and O–H groups in total. The Bertz CT molecular complexity index is 1410. The largest absolute Gasteiger partial charge is 0.481 e. The number of esters is 1. The molecule has 12 nitrogen and oxygen atoms in total. The number of thiazole rings is 1. The van der Waals surface area contributed by atoms with Crippen LogP contribution in [-0.2, 0) is 30.3 Å². The molecular weight excluding hydrogens is 648 g/mol. The first kappa shape index (κ1) is 41.2. The molecule has 0 aliphatic heterocycles. The summed E-state index contributed by atoms with van der Waals surface area (Å²) in [7, 11) is 1.66. The number of aliphatic carboxylic acids is 1. The number of likely N-dealkylation sites (N-methyl/N-ethyl adjacent to an activating group) is 1. The van der Waals surface area contributed by atoms with E-state index in [1.165, 1.54) is 6.92 Å². The van der Waals surface area contributed by atoms with Crippen molar-refractivity contribution in [2.24, 2.45) is 17.8 Å². The van der Waals surface area contributed by atoms with Crippen molar-refractivity contribution in [2.75, 3.05) is 7.05 Å². The van der Waals surface area contributed by atoms with E-state index in [1.807, 2.05) is 58.0 Å². The summed E-state index contributed by atoms with van der Waals surface area (Å²) >= 11 is 1.16. The molecule has 272 valence electrons. The van der Waals surface area contributed by atoms with E-state index in [2.05, 4.69) is 15.6 Å². The Morgan fingerprint density at radius 2 is 1.63 bits per heavy atom. The van der Waals surface area contributed by atoms with Crippen LogP contribution >= 0.6 is 11.3 Å². The third-order valence-electron chi connectivity index (χ3n) is 8.28. The zero-order chi connectivity index (χ0) is 37.1. The van der Waals surface area contributed by atoms with Crippen molar-refractivity contribution >= 4 is 41.2 Å². The molecule has 0 bridgehead atoms. The topological polar surface area (TPSA) is 164 Å². The van der Waals surface area contributed by atoms with Crippen LogP contribution in [0.25, 0.3) is 0 Å². The number of carbonyl (C=O) groups excluding carboxylic acids is 4. The number of nitrogens with zero attached hydrogens (tertiary/aromatic N) is 2. The van der Waals surface area contributed by atoms with E-state index in [0.717, 1.165) is 16.9 Å². The number of benzene rings is 1. The minimum atomic E-state index is -0.952. The molecule has 2 aromatic rings. The fraction of sp³-hybridized carbons (Fsp3) is 0.611. The van der Waals surface area contributed by atoms with Crippen LogP contribution in [0.4, 0.5) is 4.79 Å². The average Bonchev–Trinajstić information content (AvgIpc) is 3.50. The maximum Gasteiger partial charge on any atom is 0.408 e. The lowest BCUT2D eigenvalue weighted by atomic mass is 9.93. The molecule has 0 spiro atoms. The number of aromatic nitrogens is 1. The Morgan fingerprint density at radius 1 is 1.00 bits per heavy atom. The number of alkyl carbamates (subject to hydrolysis) is 1. The summed E-state index contributed by atoms with van der Waals surface area (Å²) in [6.45, 7) is 15.9. The number of rotatable bonds is 17. The van der Waals surface area contributed by atoms with Crippen molar-refractivity contribution < 1.29 is 38.6 Å². The molecular formula is C36H54N4O8S. The van der Waals surface area contributed by atoms with E-state index < -0.39 is 59.7 Å². The van der Waals surface area contributed by atoms with E-state index in [0.29, 0.717) is 17.8 Å². The van der Waals surface area contributed by atoms with Gasteiger partial charge in [-0.25, -0.2) is 9.78 Å². The van der Waals surface area contributed by atoms with Gasteiger partial charge in [0.2, 0.25) is 5.91 Å². The van der Waals surface area contributed by atoms with Gasteiger partial charge in [-0.3, -0.25) is 19.2 Å². The average molecular weight is 703 g/mol. The molecule has 0 aliphatic rings. The Kier molecular flexibility index (Phi) is 15.7. The lowest BCUT2D eigenvalue weighted by Crippen LogP contribution is -2.55. The van der Waals surface area contributed by atoms with Gasteiger partial charge in [-0.05, 0) is 51.0 Å². The SMILES string of the molecule is CC[C@H](C)[C@H](NC(=O)OC(C)(C)C)C(=O)N(C)[C@H](C[C@@H](OC(C)=O)c1nc(C(=O)N[C@@H](Cc2ccccc2)C[C@H](C)C(=O)O)cs1)C(C)C. The van der Waals surface area contributed by atoms with Crippen LogP contribution in [0.5, 0.6) is 0 Å². The van der Waals surface area contributed by atoms with Gasteiger partial charge in [0.15, 0.2) is 6.10 Å². The normalized spacial score (nSPS) is 15.2. The smallest absolute Gasteiger partial charge is 0.408 e. The Morgan fingerprint density at radius 3 is 2.16 bits per heavy atom. The summed E-state index contributed by atoms with van der Waals surface area (Å²) in [5.41, 5.74) is 0.330. The van der Waals surface area contributed by atoms with Gasteiger partial charge in [0, 0.05) is 37.9 Å². The number of hydrogen-bond acceptors (Lipinski definition) is 9. The maximum atomic E-state index is 13.9. The van der Waals surface area contributed by atoms with E-state index in [-0.39, 0.29) is 36.3 Å². The fourth-order valence-electron chi connectivity index (χ4n) is 5.42. The van der Waals surface area contributed by atoms with Crippen LogP contribution in [0, 0.1) is 17.8 Å². The first-order valence-corrected chi connectivity index (χ1v) is 17.7. The summed E-state index contributed by atoms with van der Waals surface area (Å²) in [5, 5.41) is 17.2. The molecule has 1 heterocycles. The molecule has 0 fully saturated rings. The lowest BCUT2D eigenvalue weighted by Gasteiger charge is -2.37. The van der Waals surface area contributed by atoms with E-state index in [1.54, 1.807) is 45.0 Å². The van der Waals surface area contributed by atoms with E-state index in [9.17, 15) is 29.1 Å². The summed E-state index contributed by atoms with van der Waals surface area (Å²) in [6.07, 6.45) is -0.0577. The molecule has 1 aromatic carbocycles. The Hall–Kier alpha value is -4.00. The molecule has 49 heavy (non-hydrogen) atoms. The monoisotopic (exact) mass is 702 g/mol. The zero-order valence-electron chi connectivity index (χ0n) is 30.4. The van der Waals surface area contributed by atoms with Crippen molar-refractivity contribution in [3.63, 3.8) is 0 Å². The molecule has 2 rings (SSSR count). The molecule has 1 aromatic heterocycles. The minimum absolute atomic E-state index is 0.0798. The second-order valence-electron chi connectivity index (χ2n) is 14.0. The van der Waals surface area contributed by atoms with Gasteiger partial charge in [0.05, 0.1) is 5.92 Å². The van der Waals surface area contributed by atoms with Gasteiger partial charge in [-0.15, -0.1) is 11.3 Å². The predicted molar refractivity (Wildman–Crippen MR) is 188 cm³/mol. The Balaban J connectivity index is 2.31. The summed E-state index contributed by atoms with van der Waals surface area (Å²) in [4.78, 5) is 70.0. The molecule has 0 saturated heterocycles. The van der Waals surface area contributed by atoms with Crippen molar-refractivity contribution in [3.8, 4) is 0 Å². The summed E-state index contributed by atoms with van der Waals surface area (Å²) in [5.74, 6) is -3.23. The molecule has 13 heteroatoms. The number of carboxylic acid groups (broad SMARTS) is 1. The van der Waals surface area contributed by atoms with Crippen molar-refractivity contribution in [1.29, 1.82) is 0 Å². The number of hydrogen-bond donors (Lipinski definition) is 3. The van der Waals surface area contributed by atoms with Crippen LogP contribution in [-0.4, -0.2) is 75.6 Å². The minimum Gasteiger partial charge on any atom is -0.481 e. The standard InChI is InChI=1S/C36H54N4O8S/c1-11-22(4)30(39-35(46)48-36(7,8)9)33(43)40(10)28(21(2)3)19-29(47-24(6)41)32-38-27(20-49-32)31(42)37-26(17-23(5)34(44)45)18-25-15-13-12-14-16-25/h12-16,20-23,26,28-30H,11,17-19H2,1-10H3,(H,37,42)(H,39,46)(H,44,45)/t22-,23-,26+,28+,29+,30-/m0/s1. The molecule has 6 atom stereocenters. The van der Waals surface area contributed by atoms with Crippen LogP contribution in [0.1, 0.15) is 109 Å². The number of carboxylic acids is 1. The third-order valence-corrected chi connectivity index (χ3v) is 9.22. The van der Waals surface area contributed by atoms with E-state index in [4.69, 9.17) is 9.47 Å². The Labute approximate surface area is 294 Å². The molecule has 0 saturated carbocycles. The van der Waals surface area contributed by atoms with Gasteiger partial charge >= 0.3 is 18.0 Å². The highest BCUT2D eigenvalue weighted by atomic mass is 32.1. The quantitative estimate of drug-likeness (QED) is 0.168. The summed E-state index contributed by atoms with van der Waals surface area (Å²) < 4.78 is 11.1. The maximum absolute atomic E-state index is 13.9. The second-order valence-corrected chi connectivity index (χ2v) is 14.9. The van der Waals surface area contributed by atoms with Crippen LogP contribution in [0.3, 0.4) is 0 Å². The van der Waals surface area contributed by atoms with Crippen LogP contribution in [0.2, 0.25) is 0 Å². The third kappa shape index (κ3) is 13.4. The van der Waals surface area contributed by atoms with Crippen LogP contribution < -0.4 is 10.6 Å². The molecule has 0 unspecified atom stereocenters. The van der Waals surface area contributed by atoms with Gasteiger partial charge in [0.1, 0.15) is 22.3 Å². The first-order valence-electron chi connectivity index (χ1n) is 16.8. The van der Waals surface area contributed by atoms with Gasteiger partial charge < -0.3 is 30.1 Å². The molecule has 0 aliphatic carbocycles. The predicted octanol–water partition coefficient (Wildman–Crippen LogP) is 6.01. The highest BCUT2D eigenvalue weighted by Gasteiger charge is 2.36. The van der Waals surface area contributed by atoms with E-state index >= 15 is 0 Å². The lowest BCUT2D eigenvalue weighted by molar-refractivity contribution is -0.149. The fourth-order valence-corrected chi connectivity index (χ4v) is 6.25. The van der Waals surface area contributed by atoms with Gasteiger partial charge in [-0.1, -0.05) is 71.4 Å². The first-order chi connectivity index (χ1) is 22.8. The molecule has 0 radical (unpaired) electrons. The number of ether oxygens (including phenoxy) is 2. The highest BCUT2D eigenvalue weighted by molar-refractivity contribution is 7.09. The zero-order valence-corrected chi connectivity index (χ0v) is 31.3. The van der Waals surface area contributed by atoms with Gasteiger partial charge in [-0.2, -0.15) is 0 Å². The van der Waals surface area contributed by atoms with Crippen molar-refractivity contribution in [1.82, 2.24) is 20.5 Å². The molecule has 3 amide bonds. The number of carbonyl (C=O) groups is 5. The van der Waals surface area contributed by atoms with Crippen molar-refractivity contribution in [3.05, 3.63) is 52.0 Å². The number of nitrogens with one attached hydrogen (secondary N) is 2. The van der Waals surface area contributed by atoms with Crippen molar-refractivity contribution in [2.45, 2.75) is 118 Å². The second kappa shape index (κ2) is 18.7. The summed E-state index contributed by atoms with van der Waals surface area (Å²) in [6, 6.07) is 7.74. The number of amides is 3. The van der Waals surface area contributed by atoms with Gasteiger partial charge in [0.25, 0.3) is 5.91 Å². The highest BCUT2D eigenvalue weighted by Crippen LogP contribution is 2.31. The van der Waals surface area contributed by atoms with Crippen LogP contribution in [0.15, 0.2) is 35.7 Å².